The average Bonchev–Trinajstić information content (AvgIpc) is 3.46. The van der Waals surface area contributed by atoms with Gasteiger partial charge in [-0.3, -0.25) is 5.41 Å². The zero-order valence-electron chi connectivity index (χ0n) is 18.4. The van der Waals surface area contributed by atoms with Crippen LogP contribution in [0.3, 0.4) is 0 Å². The highest BCUT2D eigenvalue weighted by atomic mass is 35.5. The highest BCUT2D eigenvalue weighted by molar-refractivity contribution is 5.85. The molecule has 1 atom stereocenters. The van der Waals surface area contributed by atoms with Crippen molar-refractivity contribution in [2.45, 2.75) is 37.8 Å². The molecule has 14 heteroatoms. The van der Waals surface area contributed by atoms with Crippen molar-refractivity contribution in [1.29, 1.82) is 5.41 Å². The van der Waals surface area contributed by atoms with Gasteiger partial charge >= 0.3 is 12.4 Å². The summed E-state index contributed by atoms with van der Waals surface area (Å²) in [5, 5.41) is 11.3. The zero-order valence-corrected chi connectivity index (χ0v) is 19.2. The van der Waals surface area contributed by atoms with E-state index in [1.54, 1.807) is 0 Å². The van der Waals surface area contributed by atoms with E-state index in [1.165, 1.54) is 23.1 Å². The van der Waals surface area contributed by atoms with E-state index in [-0.39, 0.29) is 48.0 Å². The number of aromatic nitrogens is 2. The Morgan fingerprint density at radius 1 is 1.08 bits per heavy atom. The number of nitrogens with zero attached hydrogens (tertiary/aromatic N) is 3. The van der Waals surface area contributed by atoms with E-state index in [0.29, 0.717) is 24.9 Å². The summed E-state index contributed by atoms with van der Waals surface area (Å²) in [6.07, 6.45) is -8.00. The maximum Gasteiger partial charge on any atom is 0.417 e. The summed E-state index contributed by atoms with van der Waals surface area (Å²) in [6, 6.07) is 6.82. The lowest BCUT2D eigenvalue weighted by atomic mass is 10.1. The van der Waals surface area contributed by atoms with Gasteiger partial charge in [-0.2, -0.15) is 31.3 Å². The van der Waals surface area contributed by atoms with Gasteiger partial charge in [0.05, 0.1) is 11.1 Å². The molecule has 0 bridgehead atoms. The lowest BCUT2D eigenvalue weighted by molar-refractivity contribution is -0.138. The number of benzene rings is 2. The minimum atomic E-state index is -4.78. The first-order valence-electron chi connectivity index (χ1n) is 10.4. The van der Waals surface area contributed by atoms with E-state index in [2.05, 4.69) is 10.1 Å². The maximum absolute atomic E-state index is 13.8. The molecule has 4 rings (SSSR count). The fourth-order valence-electron chi connectivity index (χ4n) is 3.79. The van der Waals surface area contributed by atoms with Crippen LogP contribution < -0.4 is 10.5 Å². The summed E-state index contributed by atoms with van der Waals surface area (Å²) in [5.41, 5.74) is 3.66. The summed E-state index contributed by atoms with van der Waals surface area (Å²) < 4.78 is 90.0. The predicted octanol–water partition coefficient (Wildman–Crippen LogP) is 5.81. The van der Waals surface area contributed by atoms with Crippen LogP contribution in [0.25, 0.3) is 11.4 Å². The normalized spacial score (nSPS) is 16.1. The Labute approximate surface area is 207 Å². The van der Waals surface area contributed by atoms with Crippen molar-refractivity contribution < 1.29 is 35.6 Å². The van der Waals surface area contributed by atoms with Crippen LogP contribution in [0.15, 0.2) is 47.0 Å². The van der Waals surface area contributed by atoms with E-state index in [4.69, 9.17) is 20.4 Å². The SMILES string of the molecule is Cl.N=C(N)N1CCC[C@H]1c1nc(-c2ccc(OCc3ccc(C(F)(F)F)cc3)cc2C(F)(F)F)no1. The Hall–Kier alpha value is -3.48. The van der Waals surface area contributed by atoms with Crippen molar-refractivity contribution in [2.24, 2.45) is 5.73 Å². The molecule has 36 heavy (non-hydrogen) atoms. The molecule has 7 nitrogen and oxygen atoms in total. The molecule has 2 aromatic carbocycles. The lowest BCUT2D eigenvalue weighted by Crippen LogP contribution is -2.35. The summed E-state index contributed by atoms with van der Waals surface area (Å²) in [4.78, 5) is 5.64. The number of nitrogens with two attached hydrogens (primary N) is 1. The van der Waals surface area contributed by atoms with Gasteiger partial charge in [0, 0.05) is 12.1 Å². The molecule has 2 heterocycles. The van der Waals surface area contributed by atoms with Crippen LogP contribution in [0.4, 0.5) is 26.3 Å². The second-order valence-electron chi connectivity index (χ2n) is 7.88. The van der Waals surface area contributed by atoms with Gasteiger partial charge in [-0.15, -0.1) is 12.4 Å². The second kappa shape index (κ2) is 10.2. The molecular weight excluding hydrogens is 516 g/mol. The smallest absolute Gasteiger partial charge is 0.417 e. The number of hydrogen-bond donors (Lipinski definition) is 2. The molecule has 0 spiro atoms. The molecule has 0 aliphatic carbocycles. The van der Waals surface area contributed by atoms with E-state index >= 15 is 0 Å². The monoisotopic (exact) mass is 535 g/mol. The third-order valence-corrected chi connectivity index (χ3v) is 5.51. The molecular formula is C22H20ClF6N5O2. The van der Waals surface area contributed by atoms with Crippen LogP contribution in [-0.4, -0.2) is 27.5 Å². The third kappa shape index (κ3) is 5.83. The summed E-state index contributed by atoms with van der Waals surface area (Å²) >= 11 is 0. The van der Waals surface area contributed by atoms with Gasteiger partial charge in [0.2, 0.25) is 11.7 Å². The number of hydrogen-bond acceptors (Lipinski definition) is 5. The van der Waals surface area contributed by atoms with Crippen LogP contribution in [-0.2, 0) is 19.0 Å². The van der Waals surface area contributed by atoms with E-state index in [1.807, 2.05) is 0 Å². The number of nitrogens with one attached hydrogen (secondary N) is 1. The first-order chi connectivity index (χ1) is 16.4. The number of likely N-dealkylation sites (tertiary alicyclic amines) is 1. The third-order valence-electron chi connectivity index (χ3n) is 5.51. The van der Waals surface area contributed by atoms with Gasteiger partial charge in [-0.25, -0.2) is 0 Å². The van der Waals surface area contributed by atoms with Crippen molar-refractivity contribution >= 4 is 18.4 Å². The van der Waals surface area contributed by atoms with Crippen LogP contribution in [0.2, 0.25) is 0 Å². The van der Waals surface area contributed by atoms with Crippen LogP contribution in [0.5, 0.6) is 5.75 Å². The van der Waals surface area contributed by atoms with E-state index in [9.17, 15) is 26.3 Å². The summed E-state index contributed by atoms with van der Waals surface area (Å²) in [6.45, 7) is 0.264. The van der Waals surface area contributed by atoms with Gasteiger partial charge in [-0.1, -0.05) is 17.3 Å². The van der Waals surface area contributed by atoms with Crippen molar-refractivity contribution in [3.05, 3.63) is 65.0 Å². The Morgan fingerprint density at radius 2 is 1.78 bits per heavy atom. The molecule has 0 saturated carbocycles. The molecule has 0 unspecified atom stereocenters. The second-order valence-corrected chi connectivity index (χ2v) is 7.88. The van der Waals surface area contributed by atoms with Gasteiger partial charge in [-0.05, 0) is 48.7 Å². The molecule has 1 saturated heterocycles. The Balaban J connectivity index is 0.00000361. The van der Waals surface area contributed by atoms with Crippen molar-refractivity contribution in [3.8, 4) is 17.1 Å². The molecule has 194 valence electrons. The number of ether oxygens (including phenoxy) is 1. The van der Waals surface area contributed by atoms with E-state index in [0.717, 1.165) is 24.3 Å². The highest BCUT2D eigenvalue weighted by Gasteiger charge is 2.37. The molecule has 1 fully saturated rings. The van der Waals surface area contributed by atoms with E-state index < -0.39 is 29.5 Å². The number of halogens is 7. The predicted molar refractivity (Wildman–Crippen MR) is 118 cm³/mol. The molecule has 3 aromatic rings. The molecule has 1 aromatic heterocycles. The Kier molecular flexibility index (Phi) is 7.72. The first kappa shape index (κ1) is 27.1. The van der Waals surface area contributed by atoms with Crippen LogP contribution in [0, 0.1) is 5.41 Å². The molecule has 1 aliphatic rings. The maximum atomic E-state index is 13.8. The lowest BCUT2D eigenvalue weighted by Gasteiger charge is -2.21. The Morgan fingerprint density at radius 3 is 2.39 bits per heavy atom. The average molecular weight is 536 g/mol. The van der Waals surface area contributed by atoms with Gasteiger partial charge < -0.3 is 19.9 Å². The fourth-order valence-corrected chi connectivity index (χ4v) is 3.79. The van der Waals surface area contributed by atoms with Gasteiger partial charge in [0.25, 0.3) is 0 Å². The first-order valence-corrected chi connectivity index (χ1v) is 10.4. The minimum absolute atomic E-state index is 0. The fraction of sp³-hybridized carbons (Fsp3) is 0.318. The summed E-state index contributed by atoms with van der Waals surface area (Å²) in [7, 11) is 0. The number of alkyl halides is 6. The van der Waals surface area contributed by atoms with Gasteiger partial charge in [0.1, 0.15) is 18.4 Å². The molecule has 1 aliphatic heterocycles. The number of rotatable bonds is 5. The van der Waals surface area contributed by atoms with Gasteiger partial charge in [0.15, 0.2) is 5.96 Å². The van der Waals surface area contributed by atoms with Crippen molar-refractivity contribution in [1.82, 2.24) is 15.0 Å². The van der Waals surface area contributed by atoms with Crippen molar-refractivity contribution in [2.75, 3.05) is 6.54 Å². The molecule has 3 N–H and O–H groups in total. The quantitative estimate of drug-likeness (QED) is 0.243. The molecule has 0 radical (unpaired) electrons. The highest BCUT2D eigenvalue weighted by Crippen LogP contribution is 2.39. The van der Waals surface area contributed by atoms with Crippen LogP contribution in [0.1, 0.15) is 41.5 Å². The standard InChI is InChI=1S/C22H19F6N5O2.ClH/c23-21(24,25)13-5-3-12(4-6-13)11-34-14-7-8-15(16(10-14)22(26,27)28)18-31-19(35-32-18)17-2-1-9-33(17)20(29)30;/h3-8,10,17H,1-2,9,11H2,(H3,29,30);1H/t17-;/m0./s1. The minimum Gasteiger partial charge on any atom is -0.489 e. The Bertz CT molecular complexity index is 1210. The topological polar surface area (TPSA) is 101 Å². The largest absolute Gasteiger partial charge is 0.489 e. The van der Waals surface area contributed by atoms with Crippen LogP contribution >= 0.6 is 12.4 Å². The summed E-state index contributed by atoms with van der Waals surface area (Å²) in [5.74, 6) is -0.554. The zero-order chi connectivity index (χ0) is 25.4. The molecule has 0 amide bonds. The van der Waals surface area contributed by atoms with Crippen molar-refractivity contribution in [3.63, 3.8) is 0 Å². The number of guanidine groups is 1.